The van der Waals surface area contributed by atoms with Gasteiger partial charge in [0.05, 0.1) is 15.9 Å². The fourth-order valence-electron chi connectivity index (χ4n) is 3.50. The van der Waals surface area contributed by atoms with Gasteiger partial charge in [-0.2, -0.15) is 0 Å². The van der Waals surface area contributed by atoms with Crippen LogP contribution in [0.5, 0.6) is 0 Å². The first-order chi connectivity index (χ1) is 14.8. The second-order valence-corrected chi connectivity index (χ2v) is 9.00. The molecule has 0 aliphatic carbocycles. The lowest BCUT2D eigenvalue weighted by molar-refractivity contribution is 0.600. The number of sulfonamides is 1. The molecule has 0 amide bonds. The molecule has 2 heterocycles. The predicted octanol–water partition coefficient (Wildman–Crippen LogP) is 3.55. The molecular weight excluding hydrogens is 412 g/mol. The van der Waals surface area contributed by atoms with Crippen LogP contribution in [0.1, 0.15) is 16.7 Å². The smallest absolute Gasteiger partial charge is 0.295 e. The molecule has 2 aromatic carbocycles. The average Bonchev–Trinajstić information content (AvgIpc) is 2.96. The van der Waals surface area contributed by atoms with E-state index in [0.717, 1.165) is 11.1 Å². The van der Waals surface area contributed by atoms with Crippen LogP contribution in [0.4, 0.5) is 5.69 Å². The second-order valence-electron chi connectivity index (χ2n) is 7.35. The Morgan fingerprint density at radius 3 is 2.26 bits per heavy atom. The second kappa shape index (κ2) is 7.88. The minimum atomic E-state index is -3.85. The van der Waals surface area contributed by atoms with Gasteiger partial charge in [-0.15, -0.1) is 0 Å². The highest BCUT2D eigenvalue weighted by Crippen LogP contribution is 2.25. The Morgan fingerprint density at radius 1 is 0.903 bits per heavy atom. The van der Waals surface area contributed by atoms with Crippen LogP contribution >= 0.6 is 0 Å². The van der Waals surface area contributed by atoms with Crippen molar-refractivity contribution in [2.75, 3.05) is 4.72 Å². The highest BCUT2D eigenvalue weighted by molar-refractivity contribution is 7.92. The number of nitrogens with zero attached hydrogens (tertiary/aromatic N) is 3. The molecule has 158 valence electrons. The molecule has 0 atom stereocenters. The zero-order chi connectivity index (χ0) is 22.2. The van der Waals surface area contributed by atoms with Crippen LogP contribution in [-0.2, 0) is 24.1 Å². The van der Waals surface area contributed by atoms with Crippen LogP contribution in [0.3, 0.4) is 0 Å². The summed E-state index contributed by atoms with van der Waals surface area (Å²) in [6, 6.07) is 14.2. The van der Waals surface area contributed by atoms with E-state index in [-0.39, 0.29) is 10.6 Å². The van der Waals surface area contributed by atoms with Crippen LogP contribution in [0, 0.1) is 6.92 Å². The van der Waals surface area contributed by atoms with E-state index >= 15 is 0 Å². The summed E-state index contributed by atoms with van der Waals surface area (Å²) in [7, 11) is -0.551. The fraction of sp³-hybridized carbons (Fsp3) is 0.130. The maximum Gasteiger partial charge on any atom is 0.328 e. The number of nitrogens with one attached hydrogen (secondary N) is 1. The molecule has 2 aromatic heterocycles. The first-order valence-corrected chi connectivity index (χ1v) is 11.1. The van der Waals surface area contributed by atoms with Crippen LogP contribution in [0.2, 0.25) is 0 Å². The molecule has 1 N–H and O–H groups in total. The minimum absolute atomic E-state index is 0.138. The van der Waals surface area contributed by atoms with Crippen molar-refractivity contribution in [2.24, 2.45) is 14.1 Å². The Hall–Kier alpha value is -3.65. The largest absolute Gasteiger partial charge is 0.328 e. The quantitative estimate of drug-likeness (QED) is 0.520. The van der Waals surface area contributed by atoms with Crippen molar-refractivity contribution in [3.8, 4) is 0 Å². The number of hydrogen-bond acceptors (Lipinski definition) is 4. The predicted molar refractivity (Wildman–Crippen MR) is 123 cm³/mol. The van der Waals surface area contributed by atoms with E-state index in [1.54, 1.807) is 63.7 Å². The zero-order valence-electron chi connectivity index (χ0n) is 17.4. The average molecular weight is 435 g/mol. The Bertz CT molecular complexity index is 1470. The molecule has 31 heavy (non-hydrogen) atoms. The van der Waals surface area contributed by atoms with Crippen LogP contribution in [-0.4, -0.2) is 22.5 Å². The summed E-state index contributed by atoms with van der Waals surface area (Å²) in [6.45, 7) is 1.72. The molecule has 8 heteroatoms. The third kappa shape index (κ3) is 4.02. The minimum Gasteiger partial charge on any atom is -0.295 e. The van der Waals surface area contributed by atoms with E-state index in [0.29, 0.717) is 22.3 Å². The molecule has 4 aromatic rings. The molecule has 0 aliphatic rings. The van der Waals surface area contributed by atoms with E-state index < -0.39 is 10.0 Å². The molecule has 0 radical (unpaired) electrons. The van der Waals surface area contributed by atoms with Crippen LogP contribution in [0.25, 0.3) is 23.2 Å². The lowest BCUT2D eigenvalue weighted by Crippen LogP contribution is -2.19. The first-order valence-electron chi connectivity index (χ1n) is 9.63. The molecule has 0 saturated heterocycles. The number of aromatic nitrogens is 3. The van der Waals surface area contributed by atoms with Crippen LogP contribution < -0.4 is 10.4 Å². The van der Waals surface area contributed by atoms with E-state index in [1.165, 1.54) is 9.13 Å². The van der Waals surface area contributed by atoms with E-state index in [4.69, 9.17) is 0 Å². The number of anilines is 1. The third-order valence-electron chi connectivity index (χ3n) is 5.17. The summed E-state index contributed by atoms with van der Waals surface area (Å²) >= 11 is 0. The van der Waals surface area contributed by atoms with Gasteiger partial charge >= 0.3 is 5.69 Å². The van der Waals surface area contributed by atoms with Crippen molar-refractivity contribution >= 4 is 38.9 Å². The van der Waals surface area contributed by atoms with Gasteiger partial charge in [0.2, 0.25) is 0 Å². The van der Waals surface area contributed by atoms with Crippen LogP contribution in [0.15, 0.2) is 70.6 Å². The Morgan fingerprint density at radius 2 is 1.55 bits per heavy atom. The number of hydrogen-bond donors (Lipinski definition) is 1. The summed E-state index contributed by atoms with van der Waals surface area (Å²) in [5.74, 6) is 0. The molecule has 0 fully saturated rings. The summed E-state index contributed by atoms with van der Waals surface area (Å²) in [5, 5.41) is 0. The lowest BCUT2D eigenvalue weighted by atomic mass is 10.1. The molecule has 0 unspecified atom stereocenters. The molecule has 0 spiro atoms. The number of pyridine rings is 1. The molecule has 7 nitrogen and oxygen atoms in total. The number of imidazole rings is 1. The monoisotopic (exact) mass is 434 g/mol. The van der Waals surface area contributed by atoms with Crippen molar-refractivity contribution in [3.05, 3.63) is 88.1 Å². The molecular formula is C23H22N4O3S. The van der Waals surface area contributed by atoms with Crippen molar-refractivity contribution < 1.29 is 8.42 Å². The van der Waals surface area contributed by atoms with Crippen molar-refractivity contribution in [2.45, 2.75) is 11.8 Å². The van der Waals surface area contributed by atoms with Gasteiger partial charge < -0.3 is 0 Å². The van der Waals surface area contributed by atoms with Gasteiger partial charge in [0, 0.05) is 32.2 Å². The standard InChI is InChI=1S/C23H22N4O3S/c1-16-13-20-21(27(3)23(28)26(20)2)15-22(16)31(29,30)25-19-6-4-5-18(14-19)8-7-17-9-11-24-12-10-17/h4-15,25H,1-3H3. The van der Waals surface area contributed by atoms with E-state index in [1.807, 2.05) is 30.4 Å². The lowest BCUT2D eigenvalue weighted by Gasteiger charge is -2.12. The fourth-order valence-corrected chi connectivity index (χ4v) is 4.80. The number of rotatable bonds is 5. The Labute approximate surface area is 180 Å². The van der Waals surface area contributed by atoms with Gasteiger partial charge in [-0.05, 0) is 60.0 Å². The Kier molecular flexibility index (Phi) is 5.24. The SMILES string of the molecule is Cc1cc2c(cc1S(=O)(=O)Nc1cccc(C=Cc3ccncc3)c1)n(C)c(=O)n2C. The van der Waals surface area contributed by atoms with Gasteiger partial charge in [-0.1, -0.05) is 24.3 Å². The first kappa shape index (κ1) is 20.6. The summed E-state index contributed by atoms with van der Waals surface area (Å²) in [6.07, 6.45) is 7.27. The zero-order valence-corrected chi connectivity index (χ0v) is 18.2. The number of fused-ring (bicyclic) bond motifs is 1. The highest BCUT2D eigenvalue weighted by atomic mass is 32.2. The normalized spacial score (nSPS) is 12.0. The highest BCUT2D eigenvalue weighted by Gasteiger charge is 2.20. The molecule has 4 rings (SSSR count). The van der Waals surface area contributed by atoms with Crippen molar-refractivity contribution in [1.82, 2.24) is 14.1 Å². The van der Waals surface area contributed by atoms with Gasteiger partial charge in [-0.3, -0.25) is 18.8 Å². The van der Waals surface area contributed by atoms with Crippen molar-refractivity contribution in [1.29, 1.82) is 0 Å². The van der Waals surface area contributed by atoms with Gasteiger partial charge in [0.25, 0.3) is 10.0 Å². The van der Waals surface area contributed by atoms with Gasteiger partial charge in [0.1, 0.15) is 0 Å². The maximum absolute atomic E-state index is 13.1. The van der Waals surface area contributed by atoms with Crippen molar-refractivity contribution in [3.63, 3.8) is 0 Å². The maximum atomic E-state index is 13.1. The molecule has 0 saturated carbocycles. The summed E-state index contributed by atoms with van der Waals surface area (Å²) in [5.41, 5.74) is 3.92. The van der Waals surface area contributed by atoms with Gasteiger partial charge in [-0.25, -0.2) is 13.2 Å². The topological polar surface area (TPSA) is 86.0 Å². The molecule has 0 aliphatic heterocycles. The molecule has 0 bridgehead atoms. The number of aryl methyl sites for hydroxylation is 3. The summed E-state index contributed by atoms with van der Waals surface area (Å²) in [4.78, 5) is 16.3. The summed E-state index contributed by atoms with van der Waals surface area (Å²) < 4.78 is 31.9. The number of benzene rings is 2. The third-order valence-corrected chi connectivity index (χ3v) is 6.69. The van der Waals surface area contributed by atoms with Gasteiger partial charge in [0.15, 0.2) is 0 Å². The van der Waals surface area contributed by atoms with E-state index in [2.05, 4.69) is 9.71 Å². The van der Waals surface area contributed by atoms with E-state index in [9.17, 15) is 13.2 Å². The Balaban J connectivity index is 1.67.